The van der Waals surface area contributed by atoms with E-state index in [1.54, 1.807) is 19.1 Å². The third-order valence-corrected chi connectivity index (χ3v) is 5.13. The van der Waals surface area contributed by atoms with E-state index in [9.17, 15) is 13.2 Å². The molecule has 0 saturated carbocycles. The fourth-order valence-electron chi connectivity index (χ4n) is 1.93. The molecule has 1 aromatic carbocycles. The average Bonchev–Trinajstić information content (AvgIpc) is 3.01. The Morgan fingerprint density at radius 2 is 2.14 bits per heavy atom. The Kier molecular flexibility index (Phi) is 3.45. The number of thiazole rings is 1. The molecule has 0 radical (unpaired) electrons. The lowest BCUT2D eigenvalue weighted by Crippen LogP contribution is -2.11. The second kappa shape index (κ2) is 5.18. The van der Waals surface area contributed by atoms with E-state index in [1.165, 1.54) is 23.6 Å². The van der Waals surface area contributed by atoms with Crippen LogP contribution in [-0.2, 0) is 9.84 Å². The Balaban J connectivity index is 1.93. The van der Waals surface area contributed by atoms with Gasteiger partial charge in [0.1, 0.15) is 0 Å². The van der Waals surface area contributed by atoms with Gasteiger partial charge in [0.2, 0.25) is 0 Å². The minimum Gasteiger partial charge on any atom is -0.298 e. The number of sulfone groups is 1. The highest BCUT2D eigenvalue weighted by Crippen LogP contribution is 2.28. The maximum Gasteiger partial charge on any atom is 0.260 e. The van der Waals surface area contributed by atoms with E-state index in [4.69, 9.17) is 0 Å². The highest BCUT2D eigenvalue weighted by atomic mass is 32.2. The number of amides is 1. The van der Waals surface area contributed by atoms with Crippen LogP contribution >= 0.6 is 11.3 Å². The first-order chi connectivity index (χ1) is 10.3. The summed E-state index contributed by atoms with van der Waals surface area (Å²) in [5.74, 6) is -0.311. The van der Waals surface area contributed by atoms with Crippen LogP contribution < -0.4 is 5.32 Å². The number of rotatable bonds is 3. The highest BCUT2D eigenvalue weighted by Gasteiger charge is 2.15. The van der Waals surface area contributed by atoms with Crippen LogP contribution in [0.25, 0.3) is 10.2 Å². The van der Waals surface area contributed by atoms with E-state index in [0.717, 1.165) is 6.26 Å². The minimum atomic E-state index is -3.27. The molecule has 2 aromatic heterocycles. The molecule has 0 atom stereocenters. The molecule has 0 bridgehead atoms. The molecule has 0 aliphatic carbocycles. The summed E-state index contributed by atoms with van der Waals surface area (Å²) in [5, 5.41) is 9.59. The first-order valence-corrected chi connectivity index (χ1v) is 8.97. The van der Waals surface area contributed by atoms with Crippen molar-refractivity contribution in [1.29, 1.82) is 0 Å². The second-order valence-corrected chi connectivity index (χ2v) is 7.83. The van der Waals surface area contributed by atoms with Gasteiger partial charge in [-0.3, -0.25) is 15.2 Å². The van der Waals surface area contributed by atoms with E-state index >= 15 is 0 Å². The van der Waals surface area contributed by atoms with Crippen LogP contribution in [0.15, 0.2) is 29.3 Å². The number of hydrogen-bond donors (Lipinski definition) is 2. The van der Waals surface area contributed by atoms with Crippen molar-refractivity contribution in [2.75, 3.05) is 11.6 Å². The third-order valence-electron chi connectivity index (χ3n) is 3.08. The number of carbonyl (C=O) groups excluding carboxylic acids is 1. The van der Waals surface area contributed by atoms with E-state index in [2.05, 4.69) is 20.5 Å². The van der Waals surface area contributed by atoms with Gasteiger partial charge >= 0.3 is 0 Å². The third kappa shape index (κ3) is 2.72. The number of aryl methyl sites for hydroxylation is 1. The lowest BCUT2D eigenvalue weighted by atomic mass is 10.2. The van der Waals surface area contributed by atoms with E-state index in [1.807, 2.05) is 0 Å². The van der Waals surface area contributed by atoms with Gasteiger partial charge in [-0.05, 0) is 25.1 Å². The van der Waals surface area contributed by atoms with Crippen LogP contribution in [0.1, 0.15) is 16.1 Å². The summed E-state index contributed by atoms with van der Waals surface area (Å²) in [7, 11) is -3.27. The normalized spacial score (nSPS) is 11.7. The molecule has 2 heterocycles. The zero-order chi connectivity index (χ0) is 15.9. The number of aromatic amines is 1. The van der Waals surface area contributed by atoms with Crippen molar-refractivity contribution >= 4 is 42.4 Å². The summed E-state index contributed by atoms with van der Waals surface area (Å²) < 4.78 is 23.8. The molecule has 0 aliphatic rings. The smallest absolute Gasteiger partial charge is 0.260 e. The van der Waals surface area contributed by atoms with Crippen molar-refractivity contribution in [2.45, 2.75) is 11.8 Å². The fourth-order valence-corrected chi connectivity index (χ4v) is 3.56. The van der Waals surface area contributed by atoms with Crippen LogP contribution in [0.4, 0.5) is 5.13 Å². The molecule has 9 heteroatoms. The van der Waals surface area contributed by atoms with Gasteiger partial charge in [-0.2, -0.15) is 5.10 Å². The first kappa shape index (κ1) is 14.7. The first-order valence-electron chi connectivity index (χ1n) is 6.26. The number of nitrogens with zero attached hydrogens (tertiary/aromatic N) is 2. The molecular formula is C13H12N4O3S2. The Bertz CT molecular complexity index is 972. The molecule has 0 aliphatic heterocycles. The molecule has 2 N–H and O–H groups in total. The van der Waals surface area contributed by atoms with Gasteiger partial charge in [-0.15, -0.1) is 0 Å². The van der Waals surface area contributed by atoms with Gasteiger partial charge < -0.3 is 0 Å². The number of carbonyl (C=O) groups is 1. The molecular weight excluding hydrogens is 324 g/mol. The zero-order valence-corrected chi connectivity index (χ0v) is 13.4. The van der Waals surface area contributed by atoms with Crippen LogP contribution in [0.5, 0.6) is 0 Å². The Labute approximate surface area is 130 Å². The lowest BCUT2D eigenvalue weighted by molar-refractivity contribution is 0.102. The number of hydrogen-bond acceptors (Lipinski definition) is 6. The van der Waals surface area contributed by atoms with Crippen molar-refractivity contribution in [3.8, 4) is 0 Å². The molecule has 0 unspecified atom stereocenters. The van der Waals surface area contributed by atoms with Crippen molar-refractivity contribution < 1.29 is 13.2 Å². The SMILES string of the molecule is Cc1[nH]ncc1C(=O)Nc1nc2ccc(S(C)(=O)=O)cc2s1. The average molecular weight is 336 g/mol. The molecule has 0 spiro atoms. The Hall–Kier alpha value is -2.26. The van der Waals surface area contributed by atoms with Gasteiger partial charge in [0.05, 0.1) is 26.9 Å². The minimum absolute atomic E-state index is 0.229. The predicted molar refractivity (Wildman–Crippen MR) is 84.0 cm³/mol. The molecule has 3 aromatic rings. The Morgan fingerprint density at radius 3 is 2.77 bits per heavy atom. The predicted octanol–water partition coefficient (Wildman–Crippen LogP) is 1.98. The summed E-state index contributed by atoms with van der Waals surface area (Å²) in [5.41, 5.74) is 1.74. The summed E-state index contributed by atoms with van der Waals surface area (Å²) in [6.45, 7) is 1.75. The maximum absolute atomic E-state index is 12.1. The molecule has 7 nitrogen and oxygen atoms in total. The molecule has 0 saturated heterocycles. The number of fused-ring (bicyclic) bond motifs is 1. The molecule has 22 heavy (non-hydrogen) atoms. The van der Waals surface area contributed by atoms with Crippen molar-refractivity contribution in [2.24, 2.45) is 0 Å². The number of benzene rings is 1. The molecule has 0 fully saturated rings. The van der Waals surface area contributed by atoms with Crippen molar-refractivity contribution in [3.05, 3.63) is 35.7 Å². The monoisotopic (exact) mass is 336 g/mol. The maximum atomic E-state index is 12.1. The number of nitrogens with one attached hydrogen (secondary N) is 2. The largest absolute Gasteiger partial charge is 0.298 e. The van der Waals surface area contributed by atoms with Crippen LogP contribution in [-0.4, -0.2) is 35.8 Å². The van der Waals surface area contributed by atoms with Gasteiger partial charge in [0.25, 0.3) is 5.91 Å². The van der Waals surface area contributed by atoms with Gasteiger partial charge in [-0.25, -0.2) is 13.4 Å². The van der Waals surface area contributed by atoms with Gasteiger partial charge in [-0.1, -0.05) is 11.3 Å². The summed E-state index contributed by atoms with van der Waals surface area (Å²) in [6, 6.07) is 4.69. The zero-order valence-electron chi connectivity index (χ0n) is 11.7. The van der Waals surface area contributed by atoms with Crippen molar-refractivity contribution in [1.82, 2.24) is 15.2 Å². The van der Waals surface area contributed by atoms with Crippen molar-refractivity contribution in [3.63, 3.8) is 0 Å². The number of H-pyrrole nitrogens is 1. The second-order valence-electron chi connectivity index (χ2n) is 4.78. The molecule has 3 rings (SSSR count). The lowest BCUT2D eigenvalue weighted by Gasteiger charge is -1.98. The summed E-state index contributed by atoms with van der Waals surface area (Å²) in [6.07, 6.45) is 2.60. The Morgan fingerprint density at radius 1 is 1.36 bits per heavy atom. The van der Waals surface area contributed by atoms with Crippen LogP contribution in [0, 0.1) is 6.92 Å². The number of anilines is 1. The van der Waals surface area contributed by atoms with E-state index < -0.39 is 9.84 Å². The van der Waals surface area contributed by atoms with Crippen LogP contribution in [0.2, 0.25) is 0 Å². The highest BCUT2D eigenvalue weighted by molar-refractivity contribution is 7.90. The van der Waals surface area contributed by atoms with Crippen LogP contribution in [0.3, 0.4) is 0 Å². The van der Waals surface area contributed by atoms with E-state index in [0.29, 0.717) is 26.6 Å². The fraction of sp³-hybridized carbons (Fsp3) is 0.154. The number of aromatic nitrogens is 3. The molecule has 1 amide bonds. The van der Waals surface area contributed by atoms with Gasteiger partial charge in [0.15, 0.2) is 15.0 Å². The molecule has 114 valence electrons. The quantitative estimate of drug-likeness (QED) is 0.761. The van der Waals surface area contributed by atoms with Gasteiger partial charge in [0, 0.05) is 11.9 Å². The summed E-state index contributed by atoms with van der Waals surface area (Å²) >= 11 is 1.22. The topological polar surface area (TPSA) is 105 Å². The summed E-state index contributed by atoms with van der Waals surface area (Å²) in [4.78, 5) is 16.6. The van der Waals surface area contributed by atoms with E-state index in [-0.39, 0.29) is 10.8 Å². The standard InChI is InChI=1S/C13H12N4O3S2/c1-7-9(6-14-17-7)12(18)16-13-15-10-4-3-8(22(2,19)20)5-11(10)21-13/h3-6H,1-2H3,(H,14,17)(H,15,16,18).